The van der Waals surface area contributed by atoms with Crippen molar-refractivity contribution in [2.75, 3.05) is 0 Å². The predicted octanol–water partition coefficient (Wildman–Crippen LogP) is 2.48. The standard InChI is InChI=1S/C12H14O2/c1-10(7-8-13)9-12(14)11-5-3-2-4-6-11/h2-6,8,10H,7,9H2,1H3. The number of carbonyl (C=O) groups is 2. The van der Waals surface area contributed by atoms with Crippen molar-refractivity contribution < 1.29 is 9.59 Å². The van der Waals surface area contributed by atoms with Gasteiger partial charge in [0, 0.05) is 18.4 Å². The minimum atomic E-state index is 0.111. The lowest BCUT2D eigenvalue weighted by molar-refractivity contribution is -0.108. The first-order valence-electron chi connectivity index (χ1n) is 4.76. The van der Waals surface area contributed by atoms with E-state index in [1.165, 1.54) is 0 Å². The fourth-order valence-electron chi connectivity index (χ4n) is 1.31. The van der Waals surface area contributed by atoms with E-state index in [0.29, 0.717) is 12.8 Å². The number of carbonyl (C=O) groups excluding carboxylic acids is 2. The van der Waals surface area contributed by atoms with Crippen LogP contribution in [-0.2, 0) is 4.79 Å². The molecular formula is C12H14O2. The van der Waals surface area contributed by atoms with Gasteiger partial charge >= 0.3 is 0 Å². The molecule has 74 valence electrons. The van der Waals surface area contributed by atoms with Gasteiger partial charge < -0.3 is 4.79 Å². The van der Waals surface area contributed by atoms with Gasteiger partial charge in [0.1, 0.15) is 6.29 Å². The summed E-state index contributed by atoms with van der Waals surface area (Å²) in [6.07, 6.45) is 1.77. The summed E-state index contributed by atoms with van der Waals surface area (Å²) >= 11 is 0. The SMILES string of the molecule is CC(CC=O)CC(=O)c1ccccc1. The Balaban J connectivity index is 2.55. The van der Waals surface area contributed by atoms with Crippen molar-refractivity contribution in [2.45, 2.75) is 19.8 Å². The van der Waals surface area contributed by atoms with Gasteiger partial charge in [-0.2, -0.15) is 0 Å². The lowest BCUT2D eigenvalue weighted by Crippen LogP contribution is -2.06. The lowest BCUT2D eigenvalue weighted by atomic mass is 9.98. The summed E-state index contributed by atoms with van der Waals surface area (Å²) in [5.41, 5.74) is 0.727. The third kappa shape index (κ3) is 3.13. The molecule has 2 nitrogen and oxygen atoms in total. The third-order valence-electron chi connectivity index (χ3n) is 2.13. The molecule has 0 aliphatic carbocycles. The van der Waals surface area contributed by atoms with Crippen LogP contribution in [0.5, 0.6) is 0 Å². The van der Waals surface area contributed by atoms with Crippen molar-refractivity contribution in [1.82, 2.24) is 0 Å². The van der Waals surface area contributed by atoms with Crippen LogP contribution in [-0.4, -0.2) is 12.1 Å². The average molecular weight is 190 g/mol. The van der Waals surface area contributed by atoms with Gasteiger partial charge in [-0.1, -0.05) is 37.3 Å². The minimum absolute atomic E-state index is 0.111. The van der Waals surface area contributed by atoms with Gasteiger partial charge in [-0.3, -0.25) is 4.79 Å². The van der Waals surface area contributed by atoms with Gasteiger partial charge in [-0.05, 0) is 5.92 Å². The van der Waals surface area contributed by atoms with Crippen molar-refractivity contribution in [3.8, 4) is 0 Å². The number of Topliss-reactive ketones (excluding diaryl/α,β-unsaturated/α-hetero) is 1. The van der Waals surface area contributed by atoms with E-state index in [4.69, 9.17) is 0 Å². The maximum absolute atomic E-state index is 11.6. The molecule has 1 aromatic rings. The highest BCUT2D eigenvalue weighted by atomic mass is 16.1. The Hall–Kier alpha value is -1.44. The van der Waals surface area contributed by atoms with Gasteiger partial charge in [0.05, 0.1) is 0 Å². The molecule has 0 saturated heterocycles. The molecule has 1 atom stereocenters. The van der Waals surface area contributed by atoms with Crippen LogP contribution in [0.15, 0.2) is 30.3 Å². The molecule has 0 radical (unpaired) electrons. The molecule has 14 heavy (non-hydrogen) atoms. The Bertz CT molecular complexity index is 303. The molecule has 0 amide bonds. The second kappa shape index (κ2) is 5.32. The molecule has 2 heteroatoms. The predicted molar refractivity (Wildman–Crippen MR) is 55.2 cm³/mol. The Kier molecular flexibility index (Phi) is 4.05. The maximum atomic E-state index is 11.6. The van der Waals surface area contributed by atoms with E-state index >= 15 is 0 Å². The molecule has 0 saturated carbocycles. The first kappa shape index (κ1) is 10.6. The highest BCUT2D eigenvalue weighted by Crippen LogP contribution is 2.11. The normalized spacial score (nSPS) is 12.1. The fraction of sp³-hybridized carbons (Fsp3) is 0.333. The number of benzene rings is 1. The van der Waals surface area contributed by atoms with Crippen LogP contribution in [0, 0.1) is 5.92 Å². The quantitative estimate of drug-likeness (QED) is 0.528. The molecule has 1 rings (SSSR count). The van der Waals surface area contributed by atoms with Crippen molar-refractivity contribution in [3.05, 3.63) is 35.9 Å². The Morgan fingerprint density at radius 1 is 1.36 bits per heavy atom. The summed E-state index contributed by atoms with van der Waals surface area (Å²) in [6, 6.07) is 9.17. The van der Waals surface area contributed by atoms with Crippen LogP contribution in [0.2, 0.25) is 0 Å². The van der Waals surface area contributed by atoms with E-state index in [0.717, 1.165) is 11.8 Å². The fourth-order valence-corrected chi connectivity index (χ4v) is 1.31. The number of rotatable bonds is 5. The zero-order valence-electron chi connectivity index (χ0n) is 8.27. The Morgan fingerprint density at radius 2 is 2.00 bits per heavy atom. The second-order valence-corrected chi connectivity index (χ2v) is 3.50. The summed E-state index contributed by atoms with van der Waals surface area (Å²) in [5, 5.41) is 0. The van der Waals surface area contributed by atoms with Gasteiger partial charge in [0.25, 0.3) is 0 Å². The summed E-state index contributed by atoms with van der Waals surface area (Å²) in [4.78, 5) is 21.8. The molecule has 0 bridgehead atoms. The maximum Gasteiger partial charge on any atom is 0.163 e. The number of hydrogen-bond donors (Lipinski definition) is 0. The van der Waals surface area contributed by atoms with E-state index in [1.807, 2.05) is 25.1 Å². The zero-order chi connectivity index (χ0) is 10.4. The van der Waals surface area contributed by atoms with E-state index in [-0.39, 0.29) is 11.7 Å². The smallest absolute Gasteiger partial charge is 0.163 e. The van der Waals surface area contributed by atoms with Crippen molar-refractivity contribution in [1.29, 1.82) is 0 Å². The molecule has 0 N–H and O–H groups in total. The van der Waals surface area contributed by atoms with E-state index in [1.54, 1.807) is 12.1 Å². The first-order chi connectivity index (χ1) is 6.74. The van der Waals surface area contributed by atoms with Gasteiger partial charge in [0.2, 0.25) is 0 Å². The average Bonchev–Trinajstić information content (AvgIpc) is 2.19. The molecule has 0 aromatic heterocycles. The van der Waals surface area contributed by atoms with Crippen LogP contribution in [0.1, 0.15) is 30.1 Å². The first-order valence-corrected chi connectivity index (χ1v) is 4.76. The van der Waals surface area contributed by atoms with Crippen LogP contribution in [0.3, 0.4) is 0 Å². The Morgan fingerprint density at radius 3 is 2.57 bits per heavy atom. The molecule has 0 aliphatic heterocycles. The number of ketones is 1. The van der Waals surface area contributed by atoms with Crippen molar-refractivity contribution in [2.24, 2.45) is 5.92 Å². The van der Waals surface area contributed by atoms with Crippen LogP contribution in [0.4, 0.5) is 0 Å². The molecule has 0 spiro atoms. The van der Waals surface area contributed by atoms with Crippen LogP contribution < -0.4 is 0 Å². The lowest BCUT2D eigenvalue weighted by Gasteiger charge is -2.05. The van der Waals surface area contributed by atoms with E-state index < -0.39 is 0 Å². The number of hydrogen-bond acceptors (Lipinski definition) is 2. The van der Waals surface area contributed by atoms with Crippen LogP contribution in [0.25, 0.3) is 0 Å². The van der Waals surface area contributed by atoms with Crippen LogP contribution >= 0.6 is 0 Å². The summed E-state index contributed by atoms with van der Waals surface area (Å²) < 4.78 is 0. The minimum Gasteiger partial charge on any atom is -0.303 e. The van der Waals surface area contributed by atoms with E-state index in [9.17, 15) is 9.59 Å². The van der Waals surface area contributed by atoms with Crippen molar-refractivity contribution >= 4 is 12.1 Å². The molecular weight excluding hydrogens is 176 g/mol. The zero-order valence-corrected chi connectivity index (χ0v) is 8.27. The third-order valence-corrected chi connectivity index (χ3v) is 2.13. The van der Waals surface area contributed by atoms with E-state index in [2.05, 4.69) is 0 Å². The summed E-state index contributed by atoms with van der Waals surface area (Å²) in [7, 11) is 0. The molecule has 0 aliphatic rings. The molecule has 0 fully saturated rings. The molecule has 1 unspecified atom stereocenters. The summed E-state index contributed by atoms with van der Waals surface area (Å²) in [5.74, 6) is 0.250. The second-order valence-electron chi connectivity index (χ2n) is 3.50. The van der Waals surface area contributed by atoms with Gasteiger partial charge in [-0.25, -0.2) is 0 Å². The Labute approximate surface area is 83.9 Å². The largest absolute Gasteiger partial charge is 0.303 e. The number of aldehydes is 1. The highest BCUT2D eigenvalue weighted by molar-refractivity contribution is 5.96. The monoisotopic (exact) mass is 190 g/mol. The highest BCUT2D eigenvalue weighted by Gasteiger charge is 2.09. The van der Waals surface area contributed by atoms with Gasteiger partial charge in [-0.15, -0.1) is 0 Å². The topological polar surface area (TPSA) is 34.1 Å². The van der Waals surface area contributed by atoms with Crippen molar-refractivity contribution in [3.63, 3.8) is 0 Å². The summed E-state index contributed by atoms with van der Waals surface area (Å²) in [6.45, 7) is 1.91. The molecule has 1 aromatic carbocycles. The molecule has 0 heterocycles. The van der Waals surface area contributed by atoms with Gasteiger partial charge in [0.15, 0.2) is 5.78 Å².